The van der Waals surface area contributed by atoms with Crippen molar-refractivity contribution < 1.29 is 9.63 Å². The predicted octanol–water partition coefficient (Wildman–Crippen LogP) is 2.11. The summed E-state index contributed by atoms with van der Waals surface area (Å²) in [6.45, 7) is 2.55. The highest BCUT2D eigenvalue weighted by molar-refractivity contribution is 6.31. The minimum atomic E-state index is -0.000564. The number of carbonyl (C=O) groups is 1. The van der Waals surface area contributed by atoms with Crippen LogP contribution < -0.4 is 0 Å². The van der Waals surface area contributed by atoms with Gasteiger partial charge in [-0.05, 0) is 23.6 Å². The number of hydroxylamine groups is 2. The molecule has 19 heavy (non-hydrogen) atoms. The molecule has 0 saturated carbocycles. The van der Waals surface area contributed by atoms with E-state index in [-0.39, 0.29) is 5.91 Å². The SMILES string of the molecule is CON(C)C(=O)CCN1CCc2c(Cl)cccc2C1. The topological polar surface area (TPSA) is 32.8 Å². The average Bonchev–Trinajstić information content (AvgIpc) is 2.44. The summed E-state index contributed by atoms with van der Waals surface area (Å²) >= 11 is 6.18. The predicted molar refractivity (Wildman–Crippen MR) is 74.8 cm³/mol. The minimum Gasteiger partial charge on any atom is -0.298 e. The van der Waals surface area contributed by atoms with Crippen molar-refractivity contribution in [3.8, 4) is 0 Å². The summed E-state index contributed by atoms with van der Waals surface area (Å²) in [5.41, 5.74) is 2.52. The third kappa shape index (κ3) is 3.47. The number of hydrogen-bond donors (Lipinski definition) is 0. The molecular weight excluding hydrogens is 264 g/mol. The van der Waals surface area contributed by atoms with E-state index < -0.39 is 0 Å². The number of rotatable bonds is 4. The van der Waals surface area contributed by atoms with Crippen molar-refractivity contribution in [2.75, 3.05) is 27.2 Å². The van der Waals surface area contributed by atoms with E-state index in [4.69, 9.17) is 16.4 Å². The molecule has 1 aliphatic rings. The maximum absolute atomic E-state index is 11.7. The molecule has 1 aromatic rings. The van der Waals surface area contributed by atoms with E-state index >= 15 is 0 Å². The Morgan fingerprint density at radius 2 is 2.32 bits per heavy atom. The van der Waals surface area contributed by atoms with Gasteiger partial charge in [0.2, 0.25) is 5.91 Å². The number of halogens is 1. The second kappa shape index (κ2) is 6.37. The van der Waals surface area contributed by atoms with Gasteiger partial charge in [0.05, 0.1) is 7.11 Å². The molecule has 0 N–H and O–H groups in total. The van der Waals surface area contributed by atoms with Crippen molar-refractivity contribution in [2.45, 2.75) is 19.4 Å². The van der Waals surface area contributed by atoms with E-state index in [0.29, 0.717) is 6.42 Å². The van der Waals surface area contributed by atoms with Crippen LogP contribution in [-0.2, 0) is 22.6 Å². The van der Waals surface area contributed by atoms with Gasteiger partial charge in [0.25, 0.3) is 0 Å². The standard InChI is InChI=1S/C14H19ClN2O2/c1-16(19-2)14(18)7-9-17-8-6-12-11(10-17)4-3-5-13(12)15/h3-5H,6-10H2,1-2H3. The van der Waals surface area contributed by atoms with Crippen LogP contribution in [0.15, 0.2) is 18.2 Å². The Balaban J connectivity index is 1.90. The van der Waals surface area contributed by atoms with Crippen molar-refractivity contribution >= 4 is 17.5 Å². The van der Waals surface area contributed by atoms with Crippen LogP contribution in [-0.4, -0.2) is 43.1 Å². The van der Waals surface area contributed by atoms with Crippen LogP contribution in [0.1, 0.15) is 17.5 Å². The highest BCUT2D eigenvalue weighted by Crippen LogP contribution is 2.25. The van der Waals surface area contributed by atoms with E-state index in [9.17, 15) is 4.79 Å². The van der Waals surface area contributed by atoms with Gasteiger partial charge >= 0.3 is 0 Å². The van der Waals surface area contributed by atoms with E-state index in [1.807, 2.05) is 12.1 Å². The molecule has 1 aromatic carbocycles. The van der Waals surface area contributed by atoms with Crippen molar-refractivity contribution in [1.29, 1.82) is 0 Å². The fraction of sp³-hybridized carbons (Fsp3) is 0.500. The first kappa shape index (κ1) is 14.3. The molecule has 0 fully saturated rings. The summed E-state index contributed by atoms with van der Waals surface area (Å²) in [4.78, 5) is 18.8. The third-order valence-electron chi connectivity index (χ3n) is 3.55. The van der Waals surface area contributed by atoms with Gasteiger partial charge in [-0.3, -0.25) is 14.5 Å². The van der Waals surface area contributed by atoms with Gasteiger partial charge in [-0.25, -0.2) is 5.06 Å². The fourth-order valence-corrected chi connectivity index (χ4v) is 2.61. The Bertz CT molecular complexity index is 465. The molecule has 0 aliphatic carbocycles. The van der Waals surface area contributed by atoms with Crippen LogP contribution in [0.4, 0.5) is 0 Å². The molecule has 1 aliphatic heterocycles. The Kier molecular flexibility index (Phi) is 4.80. The summed E-state index contributed by atoms with van der Waals surface area (Å²) in [5, 5.41) is 2.13. The van der Waals surface area contributed by atoms with Crippen molar-refractivity contribution in [1.82, 2.24) is 9.96 Å². The van der Waals surface area contributed by atoms with Crippen LogP contribution in [0.3, 0.4) is 0 Å². The maximum Gasteiger partial charge on any atom is 0.247 e. The second-order valence-corrected chi connectivity index (χ2v) is 5.13. The monoisotopic (exact) mass is 282 g/mol. The Morgan fingerprint density at radius 1 is 1.53 bits per heavy atom. The number of hydrogen-bond acceptors (Lipinski definition) is 3. The zero-order valence-electron chi connectivity index (χ0n) is 11.4. The quantitative estimate of drug-likeness (QED) is 0.793. The molecule has 4 nitrogen and oxygen atoms in total. The molecular formula is C14H19ClN2O2. The third-order valence-corrected chi connectivity index (χ3v) is 3.91. The van der Waals surface area contributed by atoms with Crippen LogP contribution in [0, 0.1) is 0 Å². The van der Waals surface area contributed by atoms with Gasteiger partial charge in [-0.1, -0.05) is 23.7 Å². The number of amides is 1. The lowest BCUT2D eigenvalue weighted by molar-refractivity contribution is -0.169. The maximum atomic E-state index is 11.7. The van der Waals surface area contributed by atoms with Crippen molar-refractivity contribution in [2.24, 2.45) is 0 Å². The van der Waals surface area contributed by atoms with E-state index in [1.54, 1.807) is 7.05 Å². The summed E-state index contributed by atoms with van der Waals surface area (Å²) in [5.74, 6) is -0.000564. The highest BCUT2D eigenvalue weighted by Gasteiger charge is 2.19. The van der Waals surface area contributed by atoms with Crippen molar-refractivity contribution in [3.05, 3.63) is 34.3 Å². The summed E-state index contributed by atoms with van der Waals surface area (Å²) in [7, 11) is 3.13. The molecule has 0 unspecified atom stereocenters. The molecule has 1 amide bonds. The first-order valence-corrected chi connectivity index (χ1v) is 6.79. The zero-order valence-corrected chi connectivity index (χ0v) is 12.1. The lowest BCUT2D eigenvalue weighted by Crippen LogP contribution is -2.35. The Labute approximate surface area is 118 Å². The summed E-state index contributed by atoms with van der Waals surface area (Å²) < 4.78 is 0. The van der Waals surface area contributed by atoms with Gasteiger partial charge in [-0.2, -0.15) is 0 Å². The van der Waals surface area contributed by atoms with Crippen LogP contribution >= 0.6 is 11.6 Å². The lowest BCUT2D eigenvalue weighted by atomic mass is 9.99. The van der Waals surface area contributed by atoms with Gasteiger partial charge in [-0.15, -0.1) is 0 Å². The Hall–Kier alpha value is -1.10. The van der Waals surface area contributed by atoms with Crippen LogP contribution in [0.2, 0.25) is 5.02 Å². The van der Waals surface area contributed by atoms with Crippen LogP contribution in [0.25, 0.3) is 0 Å². The lowest BCUT2D eigenvalue weighted by Gasteiger charge is -2.29. The van der Waals surface area contributed by atoms with Gasteiger partial charge in [0.15, 0.2) is 0 Å². The second-order valence-electron chi connectivity index (χ2n) is 4.73. The van der Waals surface area contributed by atoms with E-state index in [1.165, 1.54) is 23.3 Å². The molecule has 1 heterocycles. The van der Waals surface area contributed by atoms with Crippen molar-refractivity contribution in [3.63, 3.8) is 0 Å². The molecule has 0 saturated heterocycles. The summed E-state index contributed by atoms with van der Waals surface area (Å²) in [6.07, 6.45) is 1.42. The minimum absolute atomic E-state index is 0.000564. The number of fused-ring (bicyclic) bond motifs is 1. The number of carbonyl (C=O) groups excluding carboxylic acids is 1. The molecule has 0 radical (unpaired) electrons. The molecule has 0 bridgehead atoms. The number of nitrogens with zero attached hydrogens (tertiary/aromatic N) is 2. The van der Waals surface area contributed by atoms with Crippen LogP contribution in [0.5, 0.6) is 0 Å². The molecule has 0 atom stereocenters. The van der Waals surface area contributed by atoms with Gasteiger partial charge < -0.3 is 0 Å². The van der Waals surface area contributed by atoms with E-state index in [2.05, 4.69) is 11.0 Å². The first-order chi connectivity index (χ1) is 9.11. The molecule has 104 valence electrons. The Morgan fingerprint density at radius 3 is 3.05 bits per heavy atom. The molecule has 5 heteroatoms. The zero-order chi connectivity index (χ0) is 13.8. The van der Waals surface area contributed by atoms with Gasteiger partial charge in [0.1, 0.15) is 0 Å². The highest BCUT2D eigenvalue weighted by atomic mass is 35.5. The normalized spacial score (nSPS) is 15.1. The van der Waals surface area contributed by atoms with Gasteiger partial charge in [0, 0.05) is 38.1 Å². The largest absolute Gasteiger partial charge is 0.298 e. The molecule has 0 spiro atoms. The first-order valence-electron chi connectivity index (χ1n) is 6.41. The van der Waals surface area contributed by atoms with E-state index in [0.717, 1.165) is 31.1 Å². The number of benzene rings is 1. The smallest absolute Gasteiger partial charge is 0.247 e. The summed E-state index contributed by atoms with van der Waals surface area (Å²) in [6, 6.07) is 6.03. The molecule has 0 aromatic heterocycles. The average molecular weight is 283 g/mol. The molecule has 2 rings (SSSR count). The fourth-order valence-electron chi connectivity index (χ4n) is 2.33.